The molecule has 29 heavy (non-hydrogen) atoms. The van der Waals surface area contributed by atoms with Crippen molar-refractivity contribution in [1.82, 2.24) is 9.88 Å². The molecule has 152 valence electrons. The van der Waals surface area contributed by atoms with E-state index in [4.69, 9.17) is 4.74 Å². The number of aromatic nitrogens is 1. The highest BCUT2D eigenvalue weighted by Crippen LogP contribution is 2.25. The van der Waals surface area contributed by atoms with Crippen LogP contribution in [0.3, 0.4) is 0 Å². The van der Waals surface area contributed by atoms with Gasteiger partial charge in [0, 0.05) is 11.9 Å². The molecule has 0 radical (unpaired) electrons. The number of esters is 1. The molecule has 1 aromatic heterocycles. The smallest absolute Gasteiger partial charge is 0.338 e. The van der Waals surface area contributed by atoms with Crippen molar-refractivity contribution in [3.8, 4) is 0 Å². The van der Waals surface area contributed by atoms with Crippen molar-refractivity contribution in [2.24, 2.45) is 0 Å². The number of halogens is 2. The van der Waals surface area contributed by atoms with Crippen LogP contribution in [0.5, 0.6) is 0 Å². The number of likely N-dealkylation sites (N-methyl/N-ethyl adjacent to an activating group) is 1. The van der Waals surface area contributed by atoms with Crippen LogP contribution >= 0.6 is 23.1 Å². The number of hydrogen-bond donors (Lipinski definition) is 0. The number of para-hydroxylation sites is 1. The van der Waals surface area contributed by atoms with Crippen LogP contribution in [0.25, 0.3) is 10.2 Å². The summed E-state index contributed by atoms with van der Waals surface area (Å²) in [6, 6.07) is 13.3. The van der Waals surface area contributed by atoms with E-state index in [0.717, 1.165) is 15.2 Å². The van der Waals surface area contributed by atoms with Crippen LogP contribution in [0, 0.1) is 0 Å². The maximum absolute atomic E-state index is 12.5. The number of carbonyl (C=O) groups is 2. The molecule has 2 aromatic carbocycles. The van der Waals surface area contributed by atoms with Crippen molar-refractivity contribution in [2.45, 2.75) is 30.2 Å². The average molecular weight is 437 g/mol. The third-order valence-electron chi connectivity index (χ3n) is 4.03. The van der Waals surface area contributed by atoms with Gasteiger partial charge in [-0.05, 0) is 43.3 Å². The van der Waals surface area contributed by atoms with Crippen LogP contribution in [0.1, 0.15) is 22.3 Å². The number of carbonyl (C=O) groups excluding carboxylic acids is 2. The molecule has 0 fully saturated rings. The first-order valence-electron chi connectivity index (χ1n) is 8.69. The molecule has 1 amide bonds. The van der Waals surface area contributed by atoms with Crippen LogP contribution in [-0.4, -0.2) is 40.7 Å². The van der Waals surface area contributed by atoms with E-state index in [-0.39, 0.29) is 11.5 Å². The lowest BCUT2D eigenvalue weighted by molar-refractivity contribution is -0.139. The summed E-state index contributed by atoms with van der Waals surface area (Å²) in [5.41, 5.74) is 1.07. The van der Waals surface area contributed by atoms with E-state index in [1.807, 2.05) is 24.3 Å². The molecule has 0 saturated carbocycles. The molecule has 0 aliphatic carbocycles. The first-order chi connectivity index (χ1) is 13.8. The minimum Gasteiger partial charge on any atom is -0.449 e. The molecule has 0 bridgehead atoms. The summed E-state index contributed by atoms with van der Waals surface area (Å²) < 4.78 is 31.0. The predicted molar refractivity (Wildman–Crippen MR) is 109 cm³/mol. The summed E-state index contributed by atoms with van der Waals surface area (Å²) in [4.78, 5) is 31.1. The number of amides is 1. The number of nitrogens with zero attached hydrogens (tertiary/aromatic N) is 2. The van der Waals surface area contributed by atoms with Gasteiger partial charge in [-0.2, -0.15) is 8.78 Å². The van der Waals surface area contributed by atoms with Crippen LogP contribution in [-0.2, 0) is 16.1 Å². The predicted octanol–water partition coefficient (Wildman–Crippen LogP) is 4.81. The molecule has 0 aliphatic heterocycles. The Balaban J connectivity index is 1.57. The van der Waals surface area contributed by atoms with E-state index in [2.05, 4.69) is 4.98 Å². The summed E-state index contributed by atoms with van der Waals surface area (Å²) in [6.07, 6.45) is -0.989. The number of rotatable bonds is 7. The lowest BCUT2D eigenvalue weighted by Gasteiger charge is -2.20. The Morgan fingerprint density at radius 3 is 2.52 bits per heavy atom. The van der Waals surface area contributed by atoms with Gasteiger partial charge in [0.15, 0.2) is 6.10 Å². The van der Waals surface area contributed by atoms with Gasteiger partial charge >= 0.3 is 5.97 Å². The monoisotopic (exact) mass is 436 g/mol. The second kappa shape index (κ2) is 9.32. The Kier molecular flexibility index (Phi) is 6.81. The largest absolute Gasteiger partial charge is 0.449 e. The Hall–Kier alpha value is -2.52. The molecule has 0 saturated heterocycles. The van der Waals surface area contributed by atoms with Crippen molar-refractivity contribution in [1.29, 1.82) is 0 Å². The Bertz CT molecular complexity index is 975. The van der Waals surface area contributed by atoms with Crippen molar-refractivity contribution >= 4 is 45.2 Å². The molecular formula is C20H18F2N2O3S2. The number of alkyl halides is 2. The second-order valence-electron chi connectivity index (χ2n) is 6.22. The molecule has 9 heteroatoms. The normalized spacial score (nSPS) is 12.2. The molecule has 3 rings (SSSR count). The minimum atomic E-state index is -2.53. The molecule has 0 aliphatic rings. The van der Waals surface area contributed by atoms with Gasteiger partial charge in [0.2, 0.25) is 0 Å². The second-order valence-corrected chi connectivity index (χ2v) is 8.40. The number of ether oxygens (including phenoxy) is 1. The summed E-state index contributed by atoms with van der Waals surface area (Å²) in [5.74, 6) is -3.58. The Morgan fingerprint density at radius 1 is 1.17 bits per heavy atom. The molecular weight excluding hydrogens is 418 g/mol. The molecule has 1 unspecified atom stereocenters. The minimum absolute atomic E-state index is 0.192. The zero-order chi connectivity index (χ0) is 21.0. The zero-order valence-corrected chi connectivity index (χ0v) is 17.3. The van der Waals surface area contributed by atoms with Crippen molar-refractivity contribution in [2.75, 3.05) is 7.05 Å². The SMILES string of the molecule is CC(OC(=O)c1ccc(SC(F)F)cc1)C(=O)N(C)Cc1nc2ccccc2s1. The van der Waals surface area contributed by atoms with E-state index < -0.39 is 17.8 Å². The Morgan fingerprint density at radius 2 is 1.86 bits per heavy atom. The first-order valence-corrected chi connectivity index (χ1v) is 10.4. The fourth-order valence-corrected chi connectivity index (χ4v) is 4.15. The first kappa shape index (κ1) is 21.2. The van der Waals surface area contributed by atoms with Crippen LogP contribution in [0.15, 0.2) is 53.4 Å². The van der Waals surface area contributed by atoms with Gasteiger partial charge in [0.05, 0.1) is 22.3 Å². The van der Waals surface area contributed by atoms with Gasteiger partial charge in [-0.15, -0.1) is 11.3 Å². The lowest BCUT2D eigenvalue weighted by Crippen LogP contribution is -2.37. The summed E-state index contributed by atoms with van der Waals surface area (Å²) >= 11 is 1.90. The van der Waals surface area contributed by atoms with Gasteiger partial charge < -0.3 is 9.64 Å². The third-order valence-corrected chi connectivity index (χ3v) is 5.78. The topological polar surface area (TPSA) is 59.5 Å². The maximum Gasteiger partial charge on any atom is 0.338 e. The molecule has 0 spiro atoms. The fourth-order valence-electron chi connectivity index (χ4n) is 2.63. The number of benzene rings is 2. The van der Waals surface area contributed by atoms with Crippen LogP contribution in [0.2, 0.25) is 0 Å². The van der Waals surface area contributed by atoms with Crippen molar-refractivity contribution < 1.29 is 23.1 Å². The standard InChI is InChI=1S/C20H18F2N2O3S2/c1-12(27-19(26)13-7-9-14(10-8-13)28-20(21)22)18(25)24(2)11-17-23-15-5-3-4-6-16(15)29-17/h3-10,12,20H,11H2,1-2H3. The maximum atomic E-state index is 12.5. The number of fused-ring (bicyclic) bond motifs is 1. The van der Waals surface area contributed by atoms with E-state index in [0.29, 0.717) is 23.2 Å². The van der Waals surface area contributed by atoms with Crippen LogP contribution < -0.4 is 0 Å². The highest BCUT2D eigenvalue weighted by Gasteiger charge is 2.23. The van der Waals surface area contributed by atoms with E-state index in [1.54, 1.807) is 7.05 Å². The highest BCUT2D eigenvalue weighted by atomic mass is 32.2. The summed E-state index contributed by atoms with van der Waals surface area (Å²) in [6.45, 7) is 1.80. The molecule has 5 nitrogen and oxygen atoms in total. The fraction of sp³-hybridized carbons (Fsp3) is 0.250. The van der Waals surface area contributed by atoms with Gasteiger partial charge in [-0.3, -0.25) is 4.79 Å². The summed E-state index contributed by atoms with van der Waals surface area (Å²) in [7, 11) is 1.62. The van der Waals surface area contributed by atoms with Crippen molar-refractivity contribution in [3.05, 3.63) is 59.1 Å². The van der Waals surface area contributed by atoms with Crippen molar-refractivity contribution in [3.63, 3.8) is 0 Å². The van der Waals surface area contributed by atoms with Gasteiger partial charge in [0.25, 0.3) is 11.7 Å². The number of hydrogen-bond acceptors (Lipinski definition) is 6. The Labute approximate surface area is 174 Å². The number of thiazole rings is 1. The molecule has 0 N–H and O–H groups in total. The number of thioether (sulfide) groups is 1. The molecule has 1 atom stereocenters. The summed E-state index contributed by atoms with van der Waals surface area (Å²) in [5, 5.41) is 0.785. The van der Waals surface area contributed by atoms with Crippen LogP contribution in [0.4, 0.5) is 8.78 Å². The average Bonchev–Trinajstić information content (AvgIpc) is 3.09. The third kappa shape index (κ3) is 5.51. The van der Waals surface area contributed by atoms with E-state index in [1.165, 1.54) is 47.4 Å². The van der Waals surface area contributed by atoms with E-state index >= 15 is 0 Å². The quantitative estimate of drug-likeness (QED) is 0.393. The van der Waals surface area contributed by atoms with Gasteiger partial charge in [-0.25, -0.2) is 9.78 Å². The zero-order valence-electron chi connectivity index (χ0n) is 15.7. The molecule has 3 aromatic rings. The van der Waals surface area contributed by atoms with E-state index in [9.17, 15) is 18.4 Å². The highest BCUT2D eigenvalue weighted by molar-refractivity contribution is 7.99. The van der Waals surface area contributed by atoms with Gasteiger partial charge in [0.1, 0.15) is 5.01 Å². The van der Waals surface area contributed by atoms with Gasteiger partial charge in [-0.1, -0.05) is 23.9 Å². The molecule has 1 heterocycles. The lowest BCUT2D eigenvalue weighted by atomic mass is 10.2.